The highest BCUT2D eigenvalue weighted by atomic mass is 35.5. The van der Waals surface area contributed by atoms with Crippen LogP contribution in [0.2, 0.25) is 15.1 Å². The molecule has 5 nitrogen and oxygen atoms in total. The Morgan fingerprint density at radius 3 is 2.30 bits per heavy atom. The molecule has 0 spiro atoms. The second-order valence-electron chi connectivity index (χ2n) is 5.44. The fourth-order valence-corrected chi connectivity index (χ4v) is 3.10. The van der Waals surface area contributed by atoms with Gasteiger partial charge < -0.3 is 15.2 Å². The highest BCUT2D eigenvalue weighted by Gasteiger charge is 2.26. The standard InChI is InChI=1S/C15H16Cl3NO4/c16-10-5-12(18)13(6-11(10)17)23-7-14(20)19-9-3-1-8(2-4-9)15(21)22/h5-6,8-9H,1-4,7H2,(H,19,20)(H,21,22). The van der Waals surface area contributed by atoms with Crippen LogP contribution < -0.4 is 10.1 Å². The molecule has 0 aromatic heterocycles. The number of nitrogens with one attached hydrogen (secondary N) is 1. The van der Waals surface area contributed by atoms with E-state index >= 15 is 0 Å². The van der Waals surface area contributed by atoms with Gasteiger partial charge in [-0.05, 0) is 31.7 Å². The van der Waals surface area contributed by atoms with Crippen LogP contribution in [0.3, 0.4) is 0 Å². The first-order chi connectivity index (χ1) is 10.9. The lowest BCUT2D eigenvalue weighted by Crippen LogP contribution is -2.40. The normalized spacial score (nSPS) is 20.8. The van der Waals surface area contributed by atoms with Crippen LogP contribution >= 0.6 is 34.8 Å². The topological polar surface area (TPSA) is 75.6 Å². The molecule has 23 heavy (non-hydrogen) atoms. The largest absolute Gasteiger partial charge is 0.482 e. The smallest absolute Gasteiger partial charge is 0.306 e. The number of rotatable bonds is 5. The summed E-state index contributed by atoms with van der Waals surface area (Å²) in [6.07, 6.45) is 2.44. The van der Waals surface area contributed by atoms with Gasteiger partial charge in [0.2, 0.25) is 0 Å². The lowest BCUT2D eigenvalue weighted by molar-refractivity contribution is -0.142. The highest BCUT2D eigenvalue weighted by molar-refractivity contribution is 6.43. The van der Waals surface area contributed by atoms with Gasteiger partial charge in [-0.1, -0.05) is 34.8 Å². The molecule has 1 saturated carbocycles. The van der Waals surface area contributed by atoms with Gasteiger partial charge >= 0.3 is 5.97 Å². The Balaban J connectivity index is 1.80. The minimum Gasteiger partial charge on any atom is -0.482 e. The fraction of sp³-hybridized carbons (Fsp3) is 0.467. The minimum atomic E-state index is -0.771. The highest BCUT2D eigenvalue weighted by Crippen LogP contribution is 2.33. The van der Waals surface area contributed by atoms with Crippen LogP contribution in [0.4, 0.5) is 0 Å². The first-order valence-electron chi connectivity index (χ1n) is 7.16. The molecule has 1 aromatic rings. The molecule has 8 heteroatoms. The van der Waals surface area contributed by atoms with Crippen molar-refractivity contribution >= 4 is 46.7 Å². The Morgan fingerprint density at radius 2 is 1.70 bits per heavy atom. The second kappa shape index (κ2) is 8.08. The number of ether oxygens (including phenoxy) is 1. The van der Waals surface area contributed by atoms with Crippen molar-refractivity contribution < 1.29 is 19.4 Å². The van der Waals surface area contributed by atoms with Crippen molar-refractivity contribution in [2.75, 3.05) is 6.61 Å². The zero-order valence-corrected chi connectivity index (χ0v) is 14.4. The van der Waals surface area contributed by atoms with Crippen LogP contribution in [0.15, 0.2) is 12.1 Å². The molecule has 0 radical (unpaired) electrons. The lowest BCUT2D eigenvalue weighted by atomic mass is 9.86. The van der Waals surface area contributed by atoms with Gasteiger partial charge in [0.1, 0.15) is 5.75 Å². The second-order valence-corrected chi connectivity index (χ2v) is 6.66. The Kier molecular flexibility index (Phi) is 6.39. The van der Waals surface area contributed by atoms with Crippen LogP contribution in [0.1, 0.15) is 25.7 Å². The summed E-state index contributed by atoms with van der Waals surface area (Å²) < 4.78 is 5.35. The Bertz CT molecular complexity index is 601. The first kappa shape index (κ1) is 18.2. The van der Waals surface area contributed by atoms with Crippen LogP contribution in [-0.4, -0.2) is 29.6 Å². The number of carboxylic acids is 1. The third-order valence-electron chi connectivity index (χ3n) is 3.78. The van der Waals surface area contributed by atoms with E-state index in [1.807, 2.05) is 0 Å². The van der Waals surface area contributed by atoms with Gasteiger partial charge in [0.05, 0.1) is 21.0 Å². The summed E-state index contributed by atoms with van der Waals surface area (Å²) in [5, 5.41) is 12.7. The van der Waals surface area contributed by atoms with E-state index in [1.165, 1.54) is 12.1 Å². The van der Waals surface area contributed by atoms with E-state index in [2.05, 4.69) is 5.32 Å². The molecule has 0 bridgehead atoms. The summed E-state index contributed by atoms with van der Waals surface area (Å²) in [5.41, 5.74) is 0. The molecule has 0 aliphatic heterocycles. The number of carbonyl (C=O) groups excluding carboxylic acids is 1. The maximum Gasteiger partial charge on any atom is 0.306 e. The first-order valence-corrected chi connectivity index (χ1v) is 8.29. The average Bonchev–Trinajstić information content (AvgIpc) is 2.50. The maximum atomic E-state index is 11.9. The molecule has 2 N–H and O–H groups in total. The molecule has 1 aliphatic rings. The van der Waals surface area contributed by atoms with Crippen molar-refractivity contribution in [3.8, 4) is 5.75 Å². The number of benzene rings is 1. The van der Waals surface area contributed by atoms with Gasteiger partial charge in [-0.3, -0.25) is 9.59 Å². The zero-order valence-electron chi connectivity index (χ0n) is 12.2. The van der Waals surface area contributed by atoms with E-state index in [9.17, 15) is 9.59 Å². The molecule has 1 aromatic carbocycles. The number of carbonyl (C=O) groups is 2. The van der Waals surface area contributed by atoms with E-state index < -0.39 is 5.97 Å². The molecule has 0 unspecified atom stereocenters. The molecular formula is C15H16Cl3NO4. The zero-order chi connectivity index (χ0) is 17.0. The molecule has 1 amide bonds. The molecule has 0 atom stereocenters. The van der Waals surface area contributed by atoms with Crippen molar-refractivity contribution in [2.24, 2.45) is 5.92 Å². The van der Waals surface area contributed by atoms with Crippen molar-refractivity contribution in [1.82, 2.24) is 5.32 Å². The number of amides is 1. The van der Waals surface area contributed by atoms with Gasteiger partial charge in [0.25, 0.3) is 5.91 Å². The van der Waals surface area contributed by atoms with Crippen LogP contribution in [0.25, 0.3) is 0 Å². The number of hydrogen-bond donors (Lipinski definition) is 2. The molecule has 2 rings (SSSR count). The maximum absolute atomic E-state index is 11.9. The summed E-state index contributed by atoms with van der Waals surface area (Å²) >= 11 is 17.7. The molecule has 0 heterocycles. The SMILES string of the molecule is O=C(COc1cc(Cl)c(Cl)cc1Cl)NC1CCC(C(=O)O)CC1. The minimum absolute atomic E-state index is 0.0222. The van der Waals surface area contributed by atoms with Crippen molar-refractivity contribution in [3.05, 3.63) is 27.2 Å². The monoisotopic (exact) mass is 379 g/mol. The van der Waals surface area contributed by atoms with Gasteiger partial charge in [0.15, 0.2) is 6.61 Å². The molecule has 1 aliphatic carbocycles. The van der Waals surface area contributed by atoms with E-state index in [0.29, 0.717) is 35.7 Å². The van der Waals surface area contributed by atoms with E-state index in [0.717, 1.165) is 0 Å². The molecule has 126 valence electrons. The quantitative estimate of drug-likeness (QED) is 0.762. The summed E-state index contributed by atoms with van der Waals surface area (Å²) in [6, 6.07) is 2.88. The number of halogens is 3. The van der Waals surface area contributed by atoms with Crippen LogP contribution in [0, 0.1) is 5.92 Å². The third-order valence-corrected chi connectivity index (χ3v) is 4.79. The molecular weight excluding hydrogens is 365 g/mol. The van der Waals surface area contributed by atoms with E-state index in [1.54, 1.807) is 0 Å². The molecule has 1 fully saturated rings. The third kappa shape index (κ3) is 5.16. The Labute approximate surface area is 148 Å². The number of hydrogen-bond acceptors (Lipinski definition) is 3. The summed E-state index contributed by atoms with van der Waals surface area (Å²) in [5.74, 6) is -1.08. The van der Waals surface area contributed by atoms with Crippen molar-refractivity contribution in [1.29, 1.82) is 0 Å². The summed E-state index contributed by atoms with van der Waals surface area (Å²) in [4.78, 5) is 22.8. The van der Waals surface area contributed by atoms with Crippen molar-refractivity contribution in [2.45, 2.75) is 31.7 Å². The van der Waals surface area contributed by atoms with Gasteiger partial charge in [-0.15, -0.1) is 0 Å². The predicted octanol–water partition coefficient (Wildman–Crippen LogP) is 3.79. The average molecular weight is 381 g/mol. The van der Waals surface area contributed by atoms with Crippen LogP contribution in [-0.2, 0) is 9.59 Å². The van der Waals surface area contributed by atoms with Gasteiger partial charge in [-0.25, -0.2) is 0 Å². The lowest BCUT2D eigenvalue weighted by Gasteiger charge is -2.26. The number of aliphatic carboxylic acids is 1. The fourth-order valence-electron chi connectivity index (χ4n) is 2.51. The summed E-state index contributed by atoms with van der Waals surface area (Å²) in [6.45, 7) is -0.198. The number of carboxylic acid groups (broad SMARTS) is 1. The van der Waals surface area contributed by atoms with Crippen molar-refractivity contribution in [3.63, 3.8) is 0 Å². The van der Waals surface area contributed by atoms with Gasteiger partial charge in [0, 0.05) is 12.1 Å². The predicted molar refractivity (Wildman–Crippen MR) is 88.5 cm³/mol. The van der Waals surface area contributed by atoms with E-state index in [4.69, 9.17) is 44.6 Å². The van der Waals surface area contributed by atoms with Crippen LogP contribution in [0.5, 0.6) is 5.75 Å². The van der Waals surface area contributed by atoms with Gasteiger partial charge in [-0.2, -0.15) is 0 Å². The Morgan fingerprint density at radius 1 is 1.09 bits per heavy atom. The molecule has 0 saturated heterocycles. The Hall–Kier alpha value is -1.17. The van der Waals surface area contributed by atoms with E-state index in [-0.39, 0.29) is 35.2 Å². The summed E-state index contributed by atoms with van der Waals surface area (Å²) in [7, 11) is 0.